The van der Waals surface area contributed by atoms with E-state index in [0.29, 0.717) is 21.2 Å². The standard InChI is InChI=1S/C17H13Cl2NO/c1-10-7-11(3-6-15(10)19)17(21)14-9-20(2)16-8-12(18)4-5-13(14)16/h3-9H,1-2H3. The van der Waals surface area contributed by atoms with Gasteiger partial charge in [0.15, 0.2) is 5.78 Å². The van der Waals surface area contributed by atoms with Crippen molar-refractivity contribution in [3.05, 3.63) is 69.3 Å². The van der Waals surface area contributed by atoms with Crippen LogP contribution >= 0.6 is 23.2 Å². The van der Waals surface area contributed by atoms with Crippen molar-refractivity contribution >= 4 is 39.9 Å². The molecule has 0 unspecified atom stereocenters. The van der Waals surface area contributed by atoms with E-state index in [1.54, 1.807) is 18.2 Å². The number of fused-ring (bicyclic) bond motifs is 1. The van der Waals surface area contributed by atoms with Crippen molar-refractivity contribution in [3.8, 4) is 0 Å². The van der Waals surface area contributed by atoms with Gasteiger partial charge in [0, 0.05) is 45.3 Å². The van der Waals surface area contributed by atoms with E-state index in [1.165, 1.54) is 0 Å². The number of aryl methyl sites for hydroxylation is 2. The maximum atomic E-state index is 12.7. The van der Waals surface area contributed by atoms with Crippen molar-refractivity contribution in [3.63, 3.8) is 0 Å². The maximum absolute atomic E-state index is 12.7. The Bertz CT molecular complexity index is 865. The smallest absolute Gasteiger partial charge is 0.195 e. The van der Waals surface area contributed by atoms with Gasteiger partial charge in [-0.3, -0.25) is 4.79 Å². The lowest BCUT2D eigenvalue weighted by molar-refractivity contribution is 0.104. The minimum atomic E-state index is -0.0114. The molecule has 0 aliphatic carbocycles. The number of carbonyl (C=O) groups is 1. The zero-order valence-electron chi connectivity index (χ0n) is 11.7. The average Bonchev–Trinajstić information content (AvgIpc) is 2.78. The van der Waals surface area contributed by atoms with E-state index in [0.717, 1.165) is 16.5 Å². The first-order valence-corrected chi connectivity index (χ1v) is 7.28. The topological polar surface area (TPSA) is 22.0 Å². The van der Waals surface area contributed by atoms with Gasteiger partial charge in [-0.1, -0.05) is 29.3 Å². The summed E-state index contributed by atoms with van der Waals surface area (Å²) in [5.74, 6) is -0.0114. The van der Waals surface area contributed by atoms with Crippen LogP contribution in [0.4, 0.5) is 0 Å². The number of benzene rings is 2. The third-order valence-corrected chi connectivity index (χ3v) is 4.28. The van der Waals surface area contributed by atoms with Crippen LogP contribution in [-0.2, 0) is 7.05 Å². The number of aromatic nitrogens is 1. The normalized spacial score (nSPS) is 11.0. The molecule has 0 saturated carbocycles. The molecule has 1 aromatic heterocycles. The van der Waals surface area contributed by atoms with Gasteiger partial charge in [0.1, 0.15) is 0 Å². The minimum absolute atomic E-state index is 0.0114. The summed E-state index contributed by atoms with van der Waals surface area (Å²) >= 11 is 12.0. The Labute approximate surface area is 132 Å². The number of nitrogens with zero attached hydrogens (tertiary/aromatic N) is 1. The largest absolute Gasteiger partial charge is 0.350 e. The Kier molecular flexibility index (Phi) is 3.52. The van der Waals surface area contributed by atoms with E-state index in [-0.39, 0.29) is 5.78 Å². The first-order valence-electron chi connectivity index (χ1n) is 6.53. The van der Waals surface area contributed by atoms with Crippen LogP contribution in [0.1, 0.15) is 21.5 Å². The van der Waals surface area contributed by atoms with Crippen molar-refractivity contribution in [2.45, 2.75) is 6.92 Å². The van der Waals surface area contributed by atoms with Gasteiger partial charge in [-0.15, -0.1) is 0 Å². The molecule has 3 rings (SSSR count). The van der Waals surface area contributed by atoms with Crippen LogP contribution in [0.25, 0.3) is 10.9 Å². The Hall–Kier alpha value is -1.77. The minimum Gasteiger partial charge on any atom is -0.350 e. The van der Waals surface area contributed by atoms with Gasteiger partial charge in [0.2, 0.25) is 0 Å². The molecule has 2 aromatic carbocycles. The highest BCUT2D eigenvalue weighted by Crippen LogP contribution is 2.27. The summed E-state index contributed by atoms with van der Waals surface area (Å²) in [6, 6.07) is 10.9. The van der Waals surface area contributed by atoms with E-state index in [1.807, 2.05) is 42.9 Å². The molecule has 0 saturated heterocycles. The Morgan fingerprint density at radius 3 is 2.57 bits per heavy atom. The summed E-state index contributed by atoms with van der Waals surface area (Å²) < 4.78 is 1.91. The lowest BCUT2D eigenvalue weighted by atomic mass is 10.0. The highest BCUT2D eigenvalue weighted by molar-refractivity contribution is 6.32. The number of carbonyl (C=O) groups excluding carboxylic acids is 1. The zero-order chi connectivity index (χ0) is 15.1. The second kappa shape index (κ2) is 5.21. The summed E-state index contributed by atoms with van der Waals surface area (Å²) in [4.78, 5) is 12.7. The lowest BCUT2D eigenvalue weighted by Crippen LogP contribution is -2.01. The summed E-state index contributed by atoms with van der Waals surface area (Å²) in [6.45, 7) is 1.89. The molecule has 0 fully saturated rings. The van der Waals surface area contributed by atoms with E-state index in [9.17, 15) is 4.79 Å². The molecule has 21 heavy (non-hydrogen) atoms. The number of ketones is 1. The van der Waals surface area contributed by atoms with Crippen molar-refractivity contribution in [2.24, 2.45) is 7.05 Å². The Morgan fingerprint density at radius 2 is 1.86 bits per heavy atom. The number of hydrogen-bond donors (Lipinski definition) is 0. The molecule has 0 bridgehead atoms. The third kappa shape index (κ3) is 2.45. The molecule has 4 heteroatoms. The summed E-state index contributed by atoms with van der Waals surface area (Å²) in [6.07, 6.45) is 1.84. The van der Waals surface area contributed by atoms with Gasteiger partial charge < -0.3 is 4.57 Å². The molecular formula is C17H13Cl2NO. The molecule has 0 atom stereocenters. The maximum Gasteiger partial charge on any atom is 0.195 e. The van der Waals surface area contributed by atoms with Crippen LogP contribution in [0.15, 0.2) is 42.6 Å². The van der Waals surface area contributed by atoms with Gasteiger partial charge >= 0.3 is 0 Å². The predicted molar refractivity (Wildman–Crippen MR) is 87.6 cm³/mol. The van der Waals surface area contributed by atoms with Crippen molar-refractivity contribution in [2.75, 3.05) is 0 Å². The fraction of sp³-hybridized carbons (Fsp3) is 0.118. The molecule has 0 spiro atoms. The molecule has 1 heterocycles. The molecule has 0 N–H and O–H groups in total. The fourth-order valence-corrected chi connectivity index (χ4v) is 2.76. The average molecular weight is 318 g/mol. The van der Waals surface area contributed by atoms with Crippen molar-refractivity contribution in [1.29, 1.82) is 0 Å². The van der Waals surface area contributed by atoms with Crippen molar-refractivity contribution in [1.82, 2.24) is 4.57 Å². The predicted octanol–water partition coefficient (Wildman–Crippen LogP) is 5.02. The first-order chi connectivity index (χ1) is 9.97. The molecule has 0 radical (unpaired) electrons. The number of hydrogen-bond acceptors (Lipinski definition) is 1. The summed E-state index contributed by atoms with van der Waals surface area (Å²) in [5, 5.41) is 2.22. The highest BCUT2D eigenvalue weighted by Gasteiger charge is 2.16. The zero-order valence-corrected chi connectivity index (χ0v) is 13.2. The monoisotopic (exact) mass is 317 g/mol. The van der Waals surface area contributed by atoms with Crippen LogP contribution in [0.3, 0.4) is 0 Å². The highest BCUT2D eigenvalue weighted by atomic mass is 35.5. The van der Waals surface area contributed by atoms with Crippen LogP contribution in [-0.4, -0.2) is 10.4 Å². The molecule has 0 aliphatic heterocycles. The lowest BCUT2D eigenvalue weighted by Gasteiger charge is -2.03. The quantitative estimate of drug-likeness (QED) is 0.608. The summed E-state index contributed by atoms with van der Waals surface area (Å²) in [7, 11) is 1.91. The van der Waals surface area contributed by atoms with Crippen molar-refractivity contribution < 1.29 is 4.79 Å². The SMILES string of the molecule is Cc1cc(C(=O)c2cn(C)c3cc(Cl)ccc23)ccc1Cl. The van der Waals surface area contributed by atoms with Crippen LogP contribution in [0.2, 0.25) is 10.0 Å². The molecule has 106 valence electrons. The first kappa shape index (κ1) is 14.2. The van der Waals surface area contributed by atoms with Gasteiger partial charge in [-0.05, 0) is 42.8 Å². The molecular weight excluding hydrogens is 305 g/mol. The fourth-order valence-electron chi connectivity index (χ4n) is 2.48. The molecule has 0 amide bonds. The molecule has 2 nitrogen and oxygen atoms in total. The van der Waals surface area contributed by atoms with Gasteiger partial charge in [0.25, 0.3) is 0 Å². The van der Waals surface area contributed by atoms with Crippen LogP contribution < -0.4 is 0 Å². The third-order valence-electron chi connectivity index (χ3n) is 3.62. The van der Waals surface area contributed by atoms with Crippen LogP contribution in [0, 0.1) is 6.92 Å². The van der Waals surface area contributed by atoms with E-state index < -0.39 is 0 Å². The van der Waals surface area contributed by atoms with E-state index in [4.69, 9.17) is 23.2 Å². The number of rotatable bonds is 2. The van der Waals surface area contributed by atoms with Crippen LogP contribution in [0.5, 0.6) is 0 Å². The molecule has 0 aliphatic rings. The number of halogens is 2. The Balaban J connectivity index is 2.15. The summed E-state index contributed by atoms with van der Waals surface area (Å²) in [5.41, 5.74) is 3.15. The second-order valence-electron chi connectivity index (χ2n) is 5.11. The van der Waals surface area contributed by atoms with Gasteiger partial charge in [-0.2, -0.15) is 0 Å². The molecule has 3 aromatic rings. The Morgan fingerprint density at radius 1 is 1.10 bits per heavy atom. The van der Waals surface area contributed by atoms with E-state index in [2.05, 4.69) is 0 Å². The van der Waals surface area contributed by atoms with Gasteiger partial charge in [-0.25, -0.2) is 0 Å². The second-order valence-corrected chi connectivity index (χ2v) is 5.95. The van der Waals surface area contributed by atoms with E-state index >= 15 is 0 Å². The van der Waals surface area contributed by atoms with Gasteiger partial charge in [0.05, 0.1) is 0 Å².